The standard InChI is InChI=1S/C17H26N4O3/c1-18-17(20-10-9-19-16(22)13-3-4-13)21-11-12-24-15-7-5-14(23-2)6-8-15/h5-8,13H,3-4,9-12H2,1-2H3,(H,19,22)(H2,18,20,21). The zero-order valence-corrected chi connectivity index (χ0v) is 14.3. The number of ether oxygens (including phenoxy) is 2. The molecular weight excluding hydrogens is 308 g/mol. The lowest BCUT2D eigenvalue weighted by molar-refractivity contribution is -0.122. The zero-order valence-electron chi connectivity index (χ0n) is 14.3. The molecule has 0 spiro atoms. The Balaban J connectivity index is 1.54. The van der Waals surface area contributed by atoms with Gasteiger partial charge < -0.3 is 25.4 Å². The number of aliphatic imine (C=N–C) groups is 1. The highest BCUT2D eigenvalue weighted by Gasteiger charge is 2.28. The maximum atomic E-state index is 11.5. The quantitative estimate of drug-likeness (QED) is 0.353. The van der Waals surface area contributed by atoms with Crippen molar-refractivity contribution >= 4 is 11.9 Å². The van der Waals surface area contributed by atoms with Gasteiger partial charge in [-0.3, -0.25) is 9.79 Å². The lowest BCUT2D eigenvalue weighted by atomic mass is 10.3. The molecule has 132 valence electrons. The van der Waals surface area contributed by atoms with Crippen LogP contribution < -0.4 is 25.4 Å². The summed E-state index contributed by atoms with van der Waals surface area (Å²) in [5, 5.41) is 9.21. The van der Waals surface area contributed by atoms with Crippen LogP contribution in [-0.2, 0) is 4.79 Å². The Morgan fingerprint density at radius 3 is 2.33 bits per heavy atom. The number of benzene rings is 1. The molecule has 7 nitrogen and oxygen atoms in total. The highest BCUT2D eigenvalue weighted by atomic mass is 16.5. The first kappa shape index (κ1) is 17.9. The molecule has 7 heteroatoms. The molecule has 0 bridgehead atoms. The predicted molar refractivity (Wildman–Crippen MR) is 93.6 cm³/mol. The number of rotatable bonds is 9. The number of hydrogen-bond donors (Lipinski definition) is 3. The second-order valence-electron chi connectivity index (χ2n) is 5.52. The van der Waals surface area contributed by atoms with Crippen LogP contribution in [0, 0.1) is 5.92 Å². The van der Waals surface area contributed by atoms with Crippen LogP contribution in [0.2, 0.25) is 0 Å². The molecule has 24 heavy (non-hydrogen) atoms. The van der Waals surface area contributed by atoms with Gasteiger partial charge in [0.1, 0.15) is 18.1 Å². The number of methoxy groups -OCH3 is 1. The highest BCUT2D eigenvalue weighted by molar-refractivity contribution is 5.81. The van der Waals surface area contributed by atoms with Crippen molar-refractivity contribution in [1.82, 2.24) is 16.0 Å². The number of guanidine groups is 1. The van der Waals surface area contributed by atoms with Crippen molar-refractivity contribution in [3.05, 3.63) is 24.3 Å². The minimum absolute atomic E-state index is 0.160. The van der Waals surface area contributed by atoms with Crippen LogP contribution in [0.5, 0.6) is 11.5 Å². The molecule has 1 aromatic rings. The zero-order chi connectivity index (χ0) is 17.2. The van der Waals surface area contributed by atoms with E-state index in [4.69, 9.17) is 9.47 Å². The molecule has 0 aromatic heterocycles. The summed E-state index contributed by atoms with van der Waals surface area (Å²) in [7, 11) is 3.35. The summed E-state index contributed by atoms with van der Waals surface area (Å²) in [6.07, 6.45) is 2.05. The third kappa shape index (κ3) is 6.36. The Kier molecular flexibility index (Phi) is 7.20. The number of hydrogen-bond acceptors (Lipinski definition) is 4. The van der Waals surface area contributed by atoms with E-state index in [-0.39, 0.29) is 11.8 Å². The summed E-state index contributed by atoms with van der Waals surface area (Å²) in [6.45, 7) is 2.38. The number of carbonyl (C=O) groups excluding carboxylic acids is 1. The van der Waals surface area contributed by atoms with Crippen molar-refractivity contribution in [2.45, 2.75) is 12.8 Å². The molecule has 2 rings (SSSR count). The number of carbonyl (C=O) groups is 1. The van der Waals surface area contributed by atoms with Gasteiger partial charge in [0, 0.05) is 26.1 Å². The van der Waals surface area contributed by atoms with Gasteiger partial charge in [0.25, 0.3) is 0 Å². The molecule has 0 heterocycles. The van der Waals surface area contributed by atoms with E-state index in [2.05, 4.69) is 20.9 Å². The molecule has 1 aliphatic carbocycles. The van der Waals surface area contributed by atoms with Gasteiger partial charge >= 0.3 is 0 Å². The maximum absolute atomic E-state index is 11.5. The predicted octanol–water partition coefficient (Wildman–Crippen LogP) is 0.765. The van der Waals surface area contributed by atoms with E-state index >= 15 is 0 Å². The van der Waals surface area contributed by atoms with E-state index in [1.807, 2.05) is 24.3 Å². The van der Waals surface area contributed by atoms with Crippen LogP contribution >= 0.6 is 0 Å². The van der Waals surface area contributed by atoms with Crippen molar-refractivity contribution in [1.29, 1.82) is 0 Å². The summed E-state index contributed by atoms with van der Waals surface area (Å²) in [5.74, 6) is 2.70. The molecule has 1 amide bonds. The first-order valence-corrected chi connectivity index (χ1v) is 8.22. The monoisotopic (exact) mass is 334 g/mol. The van der Waals surface area contributed by atoms with Gasteiger partial charge in [-0.1, -0.05) is 0 Å². The average molecular weight is 334 g/mol. The molecule has 1 fully saturated rings. The number of nitrogens with zero attached hydrogens (tertiary/aromatic N) is 1. The largest absolute Gasteiger partial charge is 0.497 e. The Morgan fingerprint density at radius 1 is 1.08 bits per heavy atom. The summed E-state index contributed by atoms with van der Waals surface area (Å²) in [6, 6.07) is 7.46. The van der Waals surface area contributed by atoms with Gasteiger partial charge in [-0.15, -0.1) is 0 Å². The van der Waals surface area contributed by atoms with Crippen molar-refractivity contribution in [2.75, 3.05) is 40.4 Å². The van der Waals surface area contributed by atoms with Gasteiger partial charge in [0.15, 0.2) is 5.96 Å². The summed E-state index contributed by atoms with van der Waals surface area (Å²) >= 11 is 0. The fourth-order valence-electron chi connectivity index (χ4n) is 2.09. The van der Waals surface area contributed by atoms with E-state index in [9.17, 15) is 4.79 Å². The minimum Gasteiger partial charge on any atom is -0.497 e. The average Bonchev–Trinajstić information content (AvgIpc) is 3.45. The fraction of sp³-hybridized carbons (Fsp3) is 0.529. The molecule has 0 unspecified atom stereocenters. The molecule has 0 radical (unpaired) electrons. The second kappa shape index (κ2) is 9.64. The first-order valence-electron chi connectivity index (χ1n) is 8.22. The van der Waals surface area contributed by atoms with E-state index < -0.39 is 0 Å². The van der Waals surface area contributed by atoms with E-state index in [0.29, 0.717) is 32.2 Å². The molecule has 1 aromatic carbocycles. The van der Waals surface area contributed by atoms with Crippen molar-refractivity contribution < 1.29 is 14.3 Å². The van der Waals surface area contributed by atoms with Gasteiger partial charge in [-0.2, -0.15) is 0 Å². The van der Waals surface area contributed by atoms with Gasteiger partial charge in [-0.05, 0) is 37.1 Å². The van der Waals surface area contributed by atoms with E-state index in [1.54, 1.807) is 14.2 Å². The molecule has 0 saturated heterocycles. The number of amides is 1. The normalized spacial score (nSPS) is 14.0. The second-order valence-corrected chi connectivity index (χ2v) is 5.52. The lowest BCUT2D eigenvalue weighted by Gasteiger charge is -2.13. The van der Waals surface area contributed by atoms with Crippen LogP contribution in [-0.4, -0.2) is 52.3 Å². The number of nitrogens with one attached hydrogen (secondary N) is 3. The maximum Gasteiger partial charge on any atom is 0.223 e. The fourth-order valence-corrected chi connectivity index (χ4v) is 2.09. The molecule has 1 saturated carbocycles. The Labute approximate surface area is 142 Å². The van der Waals surface area contributed by atoms with Crippen molar-refractivity contribution in [2.24, 2.45) is 10.9 Å². The lowest BCUT2D eigenvalue weighted by Crippen LogP contribution is -2.42. The Hall–Kier alpha value is -2.44. The highest BCUT2D eigenvalue weighted by Crippen LogP contribution is 2.28. The van der Waals surface area contributed by atoms with Gasteiger partial charge in [-0.25, -0.2) is 0 Å². The molecular formula is C17H26N4O3. The van der Waals surface area contributed by atoms with Crippen molar-refractivity contribution in [3.8, 4) is 11.5 Å². The van der Waals surface area contributed by atoms with Crippen LogP contribution in [0.25, 0.3) is 0 Å². The SMILES string of the molecule is CN=C(NCCNC(=O)C1CC1)NCCOc1ccc(OC)cc1. The van der Waals surface area contributed by atoms with E-state index in [0.717, 1.165) is 24.3 Å². The topological polar surface area (TPSA) is 84.0 Å². The van der Waals surface area contributed by atoms with Crippen LogP contribution in [0.4, 0.5) is 0 Å². The smallest absolute Gasteiger partial charge is 0.223 e. The molecule has 1 aliphatic rings. The Morgan fingerprint density at radius 2 is 1.71 bits per heavy atom. The summed E-state index contributed by atoms with van der Waals surface area (Å²) in [5.41, 5.74) is 0. The Bertz CT molecular complexity index is 541. The molecule has 0 atom stereocenters. The third-order valence-electron chi connectivity index (χ3n) is 3.61. The van der Waals surface area contributed by atoms with E-state index in [1.165, 1.54) is 0 Å². The van der Waals surface area contributed by atoms with Gasteiger partial charge in [0.05, 0.1) is 13.7 Å². The molecule has 0 aliphatic heterocycles. The van der Waals surface area contributed by atoms with Crippen LogP contribution in [0.15, 0.2) is 29.3 Å². The van der Waals surface area contributed by atoms with Gasteiger partial charge in [0.2, 0.25) is 5.91 Å². The van der Waals surface area contributed by atoms with Crippen LogP contribution in [0.1, 0.15) is 12.8 Å². The van der Waals surface area contributed by atoms with Crippen LogP contribution in [0.3, 0.4) is 0 Å². The van der Waals surface area contributed by atoms with Crippen molar-refractivity contribution in [3.63, 3.8) is 0 Å². The first-order chi connectivity index (χ1) is 11.7. The summed E-state index contributed by atoms with van der Waals surface area (Å²) < 4.78 is 10.7. The molecule has 3 N–H and O–H groups in total. The third-order valence-corrected chi connectivity index (χ3v) is 3.61. The summed E-state index contributed by atoms with van der Waals surface area (Å²) in [4.78, 5) is 15.6. The minimum atomic E-state index is 0.160.